The monoisotopic (exact) mass is 263 g/mol. The van der Waals surface area contributed by atoms with Crippen LogP contribution in [-0.4, -0.2) is 34.0 Å². The molecule has 1 aromatic rings. The molecule has 7 nitrogen and oxygen atoms in total. The van der Waals surface area contributed by atoms with E-state index in [1.807, 2.05) is 0 Å². The van der Waals surface area contributed by atoms with Crippen molar-refractivity contribution in [1.82, 2.24) is 0 Å². The van der Waals surface area contributed by atoms with E-state index in [1.165, 1.54) is 30.4 Å². The van der Waals surface area contributed by atoms with Gasteiger partial charge in [-0.05, 0) is 18.2 Å². The normalized spacial score (nSPS) is 13.8. The summed E-state index contributed by atoms with van der Waals surface area (Å²) in [5, 5.41) is 0. The van der Waals surface area contributed by atoms with Crippen LogP contribution in [0.3, 0.4) is 0 Å². The Hall–Kier alpha value is -2.37. The van der Waals surface area contributed by atoms with Crippen molar-refractivity contribution in [3.63, 3.8) is 0 Å². The molecule has 0 bridgehead atoms. The van der Waals surface area contributed by atoms with Crippen LogP contribution >= 0.6 is 0 Å². The fourth-order valence-electron chi connectivity index (χ4n) is 1.72. The minimum Gasteiger partial charge on any atom is -0.360 e. The third-order valence-corrected chi connectivity index (χ3v) is 3.38. The molecule has 1 aliphatic carbocycles. The Labute approximate surface area is 102 Å². The van der Waals surface area contributed by atoms with Crippen LogP contribution in [0.2, 0.25) is 0 Å². The number of hydrogen-bond acceptors (Lipinski definition) is 3. The van der Waals surface area contributed by atoms with Crippen LogP contribution in [0, 0.1) is 5.53 Å². The number of allylic oxidation sites excluding steroid dienone is 1. The molecule has 0 saturated carbocycles. The molecule has 0 aromatic heterocycles. The summed E-state index contributed by atoms with van der Waals surface area (Å²) in [7, 11) is -4.37. The van der Waals surface area contributed by atoms with E-state index in [0.717, 1.165) is 0 Å². The minimum atomic E-state index is -4.37. The van der Waals surface area contributed by atoms with Crippen molar-refractivity contribution in [2.24, 2.45) is 0 Å². The Morgan fingerprint density at radius 1 is 1.28 bits per heavy atom. The van der Waals surface area contributed by atoms with Crippen molar-refractivity contribution in [2.45, 2.75) is 4.90 Å². The minimum absolute atomic E-state index is 0.0204. The molecule has 0 atom stereocenters. The van der Waals surface area contributed by atoms with Crippen LogP contribution in [0.4, 0.5) is 0 Å². The SMILES string of the molecule is [N-]=[N+]=C1C(=[N+]=N)C=Cc2c1cccc2S(=O)(=O)O. The standard InChI is InChI=1S/C10H6N4O3S/c11-13-8-5-4-6-7(10(8)14-12)2-1-3-9(6)18(15,16)17/h1-5,11H/p+1. The Morgan fingerprint density at radius 2 is 2.00 bits per heavy atom. The number of nitrogens with one attached hydrogen (secondary N) is 1. The average molecular weight is 263 g/mol. The van der Waals surface area contributed by atoms with Gasteiger partial charge in [0.25, 0.3) is 10.1 Å². The van der Waals surface area contributed by atoms with E-state index in [-0.39, 0.29) is 27.4 Å². The molecule has 2 N–H and O–H groups in total. The molecule has 0 fully saturated rings. The largest absolute Gasteiger partial charge is 0.452 e. The zero-order valence-electron chi connectivity index (χ0n) is 8.90. The molecule has 0 radical (unpaired) electrons. The number of nitrogens with zero attached hydrogens (tertiary/aromatic N) is 3. The van der Waals surface area contributed by atoms with Crippen LogP contribution in [0.15, 0.2) is 29.2 Å². The smallest absolute Gasteiger partial charge is 0.360 e. The molecular weight excluding hydrogens is 256 g/mol. The molecule has 1 aliphatic rings. The van der Waals surface area contributed by atoms with E-state index >= 15 is 0 Å². The number of benzene rings is 1. The average Bonchev–Trinajstić information content (AvgIpc) is 2.35. The molecule has 0 heterocycles. The van der Waals surface area contributed by atoms with Gasteiger partial charge in [-0.15, -0.1) is 0 Å². The molecule has 1 aromatic carbocycles. The van der Waals surface area contributed by atoms with Gasteiger partial charge in [0.2, 0.25) is 0 Å². The Morgan fingerprint density at radius 3 is 2.56 bits per heavy atom. The summed E-state index contributed by atoms with van der Waals surface area (Å²) in [6.07, 6.45) is 2.72. The van der Waals surface area contributed by atoms with Gasteiger partial charge in [-0.1, -0.05) is 6.07 Å². The topological polar surface area (TPSA) is 129 Å². The van der Waals surface area contributed by atoms with E-state index < -0.39 is 10.1 Å². The molecule has 18 heavy (non-hydrogen) atoms. The Kier molecular flexibility index (Phi) is 2.78. The predicted molar refractivity (Wildman–Crippen MR) is 61.0 cm³/mol. The van der Waals surface area contributed by atoms with Crippen LogP contribution < -0.4 is 0 Å². The number of rotatable bonds is 1. The van der Waals surface area contributed by atoms with Gasteiger partial charge in [0.15, 0.2) is 0 Å². The maximum atomic E-state index is 11.2. The first kappa shape index (κ1) is 12.1. The summed E-state index contributed by atoms with van der Waals surface area (Å²) in [6.45, 7) is 0. The molecule has 8 heteroatoms. The maximum Gasteiger partial charge on any atom is 0.452 e. The first-order valence-electron chi connectivity index (χ1n) is 4.75. The highest BCUT2D eigenvalue weighted by atomic mass is 32.2. The van der Waals surface area contributed by atoms with Gasteiger partial charge in [0.1, 0.15) is 4.90 Å². The van der Waals surface area contributed by atoms with E-state index in [2.05, 4.69) is 9.58 Å². The zero-order valence-corrected chi connectivity index (χ0v) is 9.72. The van der Waals surface area contributed by atoms with Crippen molar-refractivity contribution in [3.8, 4) is 0 Å². The molecule has 0 unspecified atom stereocenters. The van der Waals surface area contributed by atoms with Gasteiger partial charge in [-0.25, -0.2) is 0 Å². The van der Waals surface area contributed by atoms with Crippen LogP contribution in [0.25, 0.3) is 11.6 Å². The van der Waals surface area contributed by atoms with E-state index in [1.54, 1.807) is 0 Å². The van der Waals surface area contributed by atoms with Crippen molar-refractivity contribution >= 4 is 27.6 Å². The van der Waals surface area contributed by atoms with Crippen molar-refractivity contribution in [3.05, 3.63) is 40.9 Å². The van der Waals surface area contributed by atoms with E-state index in [9.17, 15) is 8.42 Å². The Balaban J connectivity index is 2.88. The van der Waals surface area contributed by atoms with Crippen LogP contribution in [0.1, 0.15) is 11.1 Å². The molecule has 90 valence electrons. The highest BCUT2D eigenvalue weighted by Crippen LogP contribution is 2.24. The van der Waals surface area contributed by atoms with E-state index in [0.29, 0.717) is 0 Å². The van der Waals surface area contributed by atoms with Crippen molar-refractivity contribution < 1.29 is 22.6 Å². The maximum absolute atomic E-state index is 11.2. The highest BCUT2D eigenvalue weighted by Gasteiger charge is 2.35. The highest BCUT2D eigenvalue weighted by molar-refractivity contribution is 7.86. The summed E-state index contributed by atoms with van der Waals surface area (Å²) in [6, 6.07) is 4.14. The third-order valence-electron chi connectivity index (χ3n) is 2.47. The van der Waals surface area contributed by atoms with E-state index in [4.69, 9.17) is 15.6 Å². The van der Waals surface area contributed by atoms with Gasteiger partial charge >= 0.3 is 11.4 Å². The zero-order chi connectivity index (χ0) is 13.3. The fourth-order valence-corrected chi connectivity index (χ4v) is 2.43. The van der Waals surface area contributed by atoms with Crippen LogP contribution in [0.5, 0.6) is 0 Å². The first-order chi connectivity index (χ1) is 8.49. The summed E-state index contributed by atoms with van der Waals surface area (Å²) in [5.74, 6) is 0. The summed E-state index contributed by atoms with van der Waals surface area (Å²) in [5.41, 5.74) is 16.4. The van der Waals surface area contributed by atoms with Gasteiger partial charge in [0, 0.05) is 11.6 Å². The second kappa shape index (κ2) is 4.14. The van der Waals surface area contributed by atoms with Crippen molar-refractivity contribution in [1.29, 1.82) is 5.53 Å². The summed E-state index contributed by atoms with van der Waals surface area (Å²) in [4.78, 5) is 5.88. The molecule has 0 saturated heterocycles. The fraction of sp³-hybridized carbons (Fsp3) is 0. The Bertz CT molecular complexity index is 766. The number of hydrogen-bond donors (Lipinski definition) is 2. The lowest BCUT2D eigenvalue weighted by atomic mass is 9.94. The van der Waals surface area contributed by atoms with Gasteiger partial charge in [0.05, 0.1) is 15.9 Å². The quantitative estimate of drug-likeness (QED) is 0.438. The lowest BCUT2D eigenvalue weighted by Gasteiger charge is -2.07. The lowest BCUT2D eigenvalue weighted by Crippen LogP contribution is -2.21. The summed E-state index contributed by atoms with van der Waals surface area (Å²) >= 11 is 0. The van der Waals surface area contributed by atoms with Gasteiger partial charge in [-0.3, -0.25) is 4.55 Å². The van der Waals surface area contributed by atoms with Gasteiger partial charge in [-0.2, -0.15) is 13.2 Å². The molecule has 0 aliphatic heterocycles. The van der Waals surface area contributed by atoms with Crippen molar-refractivity contribution in [2.75, 3.05) is 0 Å². The molecule has 0 spiro atoms. The molecule has 0 amide bonds. The number of fused-ring (bicyclic) bond motifs is 1. The molecular formula is C10H7N4O3S+. The second-order valence-electron chi connectivity index (χ2n) is 3.47. The third kappa shape index (κ3) is 1.81. The first-order valence-corrected chi connectivity index (χ1v) is 6.19. The molecule has 2 rings (SSSR count). The summed E-state index contributed by atoms with van der Waals surface area (Å²) < 4.78 is 31.5. The van der Waals surface area contributed by atoms with Crippen LogP contribution in [-0.2, 0) is 10.1 Å². The van der Waals surface area contributed by atoms with Gasteiger partial charge < -0.3 is 5.53 Å². The lowest BCUT2D eigenvalue weighted by molar-refractivity contribution is -0.118. The predicted octanol–water partition coefficient (Wildman–Crippen LogP) is 0.659. The second-order valence-corrected chi connectivity index (χ2v) is 4.86.